The number of nitrogens with one attached hydrogen (secondary N) is 2. The second kappa shape index (κ2) is 7.19. The first-order chi connectivity index (χ1) is 10.2. The van der Waals surface area contributed by atoms with E-state index >= 15 is 0 Å². The zero-order valence-corrected chi connectivity index (χ0v) is 11.8. The van der Waals surface area contributed by atoms with Gasteiger partial charge >= 0.3 is 0 Å². The van der Waals surface area contributed by atoms with Crippen LogP contribution in [0.15, 0.2) is 48.7 Å². The van der Waals surface area contributed by atoms with Gasteiger partial charge in [-0.2, -0.15) is 0 Å². The number of amides is 2. The zero-order chi connectivity index (χ0) is 15.1. The summed E-state index contributed by atoms with van der Waals surface area (Å²) < 4.78 is 0. The number of hydrogen-bond acceptors (Lipinski definition) is 3. The van der Waals surface area contributed by atoms with Gasteiger partial charge < -0.3 is 10.6 Å². The van der Waals surface area contributed by atoms with Crippen molar-refractivity contribution in [3.05, 3.63) is 54.2 Å². The van der Waals surface area contributed by atoms with E-state index < -0.39 is 0 Å². The first kappa shape index (κ1) is 14.7. The summed E-state index contributed by atoms with van der Waals surface area (Å²) in [5.41, 5.74) is 1.19. The van der Waals surface area contributed by atoms with Crippen LogP contribution in [0.2, 0.25) is 0 Å². The van der Waals surface area contributed by atoms with Gasteiger partial charge in [-0.15, -0.1) is 0 Å². The van der Waals surface area contributed by atoms with Gasteiger partial charge in [-0.25, -0.2) is 4.98 Å². The number of benzene rings is 1. The second-order valence-corrected chi connectivity index (χ2v) is 4.55. The summed E-state index contributed by atoms with van der Waals surface area (Å²) in [4.78, 5) is 27.5. The predicted octanol–water partition coefficient (Wildman–Crippen LogP) is 3.07. The first-order valence-electron chi connectivity index (χ1n) is 6.81. The molecule has 2 rings (SSSR count). The predicted molar refractivity (Wildman–Crippen MR) is 82.2 cm³/mol. The fourth-order valence-electron chi connectivity index (χ4n) is 1.77. The molecule has 2 N–H and O–H groups in total. The first-order valence-corrected chi connectivity index (χ1v) is 6.81. The maximum atomic E-state index is 11.9. The van der Waals surface area contributed by atoms with Gasteiger partial charge in [0.25, 0.3) is 5.91 Å². The highest BCUT2D eigenvalue weighted by Crippen LogP contribution is 2.11. The molecule has 0 spiro atoms. The lowest BCUT2D eigenvalue weighted by atomic mass is 10.2. The number of nitrogens with zero attached hydrogens (tertiary/aromatic N) is 1. The molecule has 21 heavy (non-hydrogen) atoms. The van der Waals surface area contributed by atoms with Gasteiger partial charge in [0, 0.05) is 12.0 Å². The molecule has 0 saturated heterocycles. The Balaban J connectivity index is 1.96. The Morgan fingerprint density at radius 1 is 1.05 bits per heavy atom. The number of carbonyl (C=O) groups is 2. The van der Waals surface area contributed by atoms with Crippen LogP contribution in [0.4, 0.5) is 11.5 Å². The molecule has 0 aliphatic carbocycles. The Labute approximate surface area is 123 Å². The molecular weight excluding hydrogens is 266 g/mol. The fraction of sp³-hybridized carbons (Fsp3) is 0.188. The molecule has 108 valence electrons. The maximum Gasteiger partial charge on any atom is 0.256 e. The van der Waals surface area contributed by atoms with E-state index in [0.29, 0.717) is 23.5 Å². The zero-order valence-electron chi connectivity index (χ0n) is 11.8. The van der Waals surface area contributed by atoms with Crippen molar-refractivity contribution in [3.8, 4) is 0 Å². The number of anilines is 2. The Kier molecular flexibility index (Phi) is 5.04. The van der Waals surface area contributed by atoms with Crippen LogP contribution in [0.5, 0.6) is 0 Å². The van der Waals surface area contributed by atoms with E-state index in [0.717, 1.165) is 6.42 Å². The molecule has 5 heteroatoms. The molecule has 2 aromatic rings. The lowest BCUT2D eigenvalue weighted by Crippen LogP contribution is -2.13. The normalized spacial score (nSPS) is 9.95. The topological polar surface area (TPSA) is 71.1 Å². The largest absolute Gasteiger partial charge is 0.325 e. The number of hydrogen-bond donors (Lipinski definition) is 2. The molecule has 0 bridgehead atoms. The van der Waals surface area contributed by atoms with Crippen molar-refractivity contribution in [1.29, 1.82) is 0 Å². The highest BCUT2D eigenvalue weighted by molar-refractivity contribution is 6.03. The number of carbonyl (C=O) groups excluding carboxylic acids is 2. The van der Waals surface area contributed by atoms with Crippen molar-refractivity contribution >= 4 is 23.3 Å². The van der Waals surface area contributed by atoms with Gasteiger partial charge in [0.05, 0.1) is 11.9 Å². The third-order valence-corrected chi connectivity index (χ3v) is 2.80. The van der Waals surface area contributed by atoms with Crippen LogP contribution in [0.3, 0.4) is 0 Å². The molecular formula is C16H17N3O2. The maximum absolute atomic E-state index is 11.9. The van der Waals surface area contributed by atoms with Gasteiger partial charge in [-0.3, -0.25) is 9.59 Å². The summed E-state index contributed by atoms with van der Waals surface area (Å²) in [6.07, 6.45) is 2.80. The van der Waals surface area contributed by atoms with E-state index in [2.05, 4.69) is 15.6 Å². The number of rotatable bonds is 5. The van der Waals surface area contributed by atoms with E-state index in [1.807, 2.05) is 13.0 Å². The van der Waals surface area contributed by atoms with E-state index in [4.69, 9.17) is 0 Å². The molecule has 2 amide bonds. The Morgan fingerprint density at radius 2 is 1.81 bits per heavy atom. The lowest BCUT2D eigenvalue weighted by molar-refractivity contribution is -0.116. The molecule has 0 aliphatic rings. The van der Waals surface area contributed by atoms with Crippen LogP contribution in [-0.2, 0) is 4.79 Å². The van der Waals surface area contributed by atoms with Crippen molar-refractivity contribution < 1.29 is 9.59 Å². The molecule has 1 aromatic carbocycles. The molecule has 5 nitrogen and oxygen atoms in total. The smallest absolute Gasteiger partial charge is 0.256 e. The highest BCUT2D eigenvalue weighted by atomic mass is 16.2. The molecule has 0 saturated carbocycles. The summed E-state index contributed by atoms with van der Waals surface area (Å²) in [7, 11) is 0. The van der Waals surface area contributed by atoms with Gasteiger partial charge in [-0.1, -0.05) is 25.1 Å². The average molecular weight is 283 g/mol. The summed E-state index contributed by atoms with van der Waals surface area (Å²) in [6.45, 7) is 1.94. The van der Waals surface area contributed by atoms with Crippen molar-refractivity contribution in [3.63, 3.8) is 0 Å². The van der Waals surface area contributed by atoms with Crippen LogP contribution < -0.4 is 10.6 Å². The molecule has 0 unspecified atom stereocenters. The number of pyridine rings is 1. The summed E-state index contributed by atoms with van der Waals surface area (Å²) in [6, 6.07) is 12.3. The Bertz CT molecular complexity index is 609. The lowest BCUT2D eigenvalue weighted by Gasteiger charge is -2.07. The third-order valence-electron chi connectivity index (χ3n) is 2.80. The quantitative estimate of drug-likeness (QED) is 0.885. The molecule has 0 atom stereocenters. The van der Waals surface area contributed by atoms with Crippen molar-refractivity contribution in [2.45, 2.75) is 19.8 Å². The minimum Gasteiger partial charge on any atom is -0.325 e. The summed E-state index contributed by atoms with van der Waals surface area (Å²) in [5.74, 6) is 0.184. The van der Waals surface area contributed by atoms with Crippen LogP contribution in [0, 0.1) is 0 Å². The van der Waals surface area contributed by atoms with Crippen LogP contribution in [0.25, 0.3) is 0 Å². The van der Waals surface area contributed by atoms with Gasteiger partial charge in [0.15, 0.2) is 0 Å². The highest BCUT2D eigenvalue weighted by Gasteiger charge is 2.06. The van der Waals surface area contributed by atoms with E-state index in [1.165, 1.54) is 6.20 Å². The third kappa shape index (κ3) is 4.42. The van der Waals surface area contributed by atoms with Gasteiger partial charge in [0.2, 0.25) is 5.91 Å². The van der Waals surface area contributed by atoms with E-state index in [-0.39, 0.29) is 11.8 Å². The van der Waals surface area contributed by atoms with Crippen molar-refractivity contribution in [2.24, 2.45) is 0 Å². The minimum absolute atomic E-state index is 0.0413. The standard InChI is InChI=1S/C16H17N3O2/c1-2-6-15(20)18-13-9-10-14(17-11-13)19-16(21)12-7-4-3-5-8-12/h3-5,7-11H,2,6H2,1H3,(H,18,20)(H,17,19,21). The van der Waals surface area contributed by atoms with E-state index in [9.17, 15) is 9.59 Å². The van der Waals surface area contributed by atoms with Gasteiger partial charge in [0.1, 0.15) is 5.82 Å². The average Bonchev–Trinajstić information content (AvgIpc) is 2.50. The van der Waals surface area contributed by atoms with Gasteiger partial charge in [-0.05, 0) is 30.7 Å². The van der Waals surface area contributed by atoms with Crippen LogP contribution in [-0.4, -0.2) is 16.8 Å². The van der Waals surface area contributed by atoms with Crippen LogP contribution >= 0.6 is 0 Å². The molecule has 0 fully saturated rings. The van der Waals surface area contributed by atoms with Crippen molar-refractivity contribution in [2.75, 3.05) is 10.6 Å². The molecule has 0 aliphatic heterocycles. The minimum atomic E-state index is -0.217. The van der Waals surface area contributed by atoms with Crippen LogP contribution in [0.1, 0.15) is 30.1 Å². The summed E-state index contributed by atoms with van der Waals surface area (Å²) in [5, 5.41) is 5.44. The molecule has 0 radical (unpaired) electrons. The Hall–Kier alpha value is -2.69. The fourth-order valence-corrected chi connectivity index (χ4v) is 1.77. The van der Waals surface area contributed by atoms with Crippen molar-refractivity contribution in [1.82, 2.24) is 4.98 Å². The second-order valence-electron chi connectivity index (χ2n) is 4.55. The SMILES string of the molecule is CCCC(=O)Nc1ccc(NC(=O)c2ccccc2)nc1. The van der Waals surface area contributed by atoms with E-state index in [1.54, 1.807) is 36.4 Å². The monoisotopic (exact) mass is 283 g/mol. The molecule has 1 aromatic heterocycles. The molecule has 1 heterocycles. The number of aromatic nitrogens is 1. The summed E-state index contributed by atoms with van der Waals surface area (Å²) >= 11 is 0. The Morgan fingerprint density at radius 3 is 2.43 bits per heavy atom.